The molecule has 0 fully saturated rings. The smallest absolute Gasteiger partial charge is 0.263 e. The van der Waals surface area contributed by atoms with Crippen molar-refractivity contribution < 1.29 is 4.79 Å². The van der Waals surface area contributed by atoms with Gasteiger partial charge in [-0.2, -0.15) is 0 Å². The Bertz CT molecular complexity index is 910. The fraction of sp³-hybridized carbons (Fsp3) is 0. The monoisotopic (exact) mass is 294 g/mol. The van der Waals surface area contributed by atoms with Crippen LogP contribution >= 0.6 is 11.6 Å². The number of rotatable bonds is 1. The molecule has 0 saturated heterocycles. The van der Waals surface area contributed by atoms with Gasteiger partial charge in [-0.05, 0) is 12.1 Å². The van der Waals surface area contributed by atoms with Crippen LogP contribution in [0.15, 0.2) is 55.1 Å². The normalized spacial score (nSPS) is 14.0. The van der Waals surface area contributed by atoms with Crippen LogP contribution in [0.25, 0.3) is 16.5 Å². The molecule has 2 heterocycles. The van der Waals surface area contributed by atoms with E-state index in [1.807, 2.05) is 48.5 Å². The molecular formula is C17H11ClN2O. The van der Waals surface area contributed by atoms with Crippen LogP contribution in [0.4, 0.5) is 11.4 Å². The second-order valence-electron chi connectivity index (χ2n) is 4.97. The fourth-order valence-corrected chi connectivity index (χ4v) is 3.11. The number of para-hydroxylation sites is 2. The lowest BCUT2D eigenvalue weighted by molar-refractivity contribution is -0.112. The summed E-state index contributed by atoms with van der Waals surface area (Å²) in [5, 5.41) is 1.37. The molecule has 0 radical (unpaired) electrons. The van der Waals surface area contributed by atoms with E-state index in [1.54, 1.807) is 4.90 Å². The zero-order valence-corrected chi connectivity index (χ0v) is 11.8. The molecule has 1 N–H and O–H groups in total. The standard InChI is InChI=1S/C17H11ClN2O/c1-10-11-6-3-5-9-14(11)20(17(10)21)15-12-7-2-4-8-13(12)19-16(15)18/h2-9,19H,1H2. The van der Waals surface area contributed by atoms with Gasteiger partial charge >= 0.3 is 0 Å². The lowest BCUT2D eigenvalue weighted by Crippen LogP contribution is -2.20. The first kappa shape index (κ1) is 12.2. The van der Waals surface area contributed by atoms with Crippen molar-refractivity contribution in [2.75, 3.05) is 4.90 Å². The quantitative estimate of drug-likeness (QED) is 0.658. The predicted octanol–water partition coefficient (Wildman–Crippen LogP) is 4.51. The third kappa shape index (κ3) is 1.58. The van der Waals surface area contributed by atoms with Crippen LogP contribution in [-0.4, -0.2) is 10.9 Å². The van der Waals surface area contributed by atoms with E-state index in [9.17, 15) is 4.79 Å². The molecule has 1 aliphatic heterocycles. The number of nitrogens with zero attached hydrogens (tertiary/aromatic N) is 1. The number of hydrogen-bond donors (Lipinski definition) is 1. The minimum absolute atomic E-state index is 0.136. The molecule has 0 atom stereocenters. The number of nitrogens with one attached hydrogen (secondary N) is 1. The van der Waals surface area contributed by atoms with Gasteiger partial charge in [0.15, 0.2) is 0 Å². The first-order valence-corrected chi connectivity index (χ1v) is 6.95. The van der Waals surface area contributed by atoms with E-state index >= 15 is 0 Å². The molecule has 1 aromatic heterocycles. The minimum Gasteiger partial charge on any atom is -0.344 e. The first-order chi connectivity index (χ1) is 10.2. The number of benzene rings is 2. The highest BCUT2D eigenvalue weighted by atomic mass is 35.5. The average molecular weight is 295 g/mol. The van der Waals surface area contributed by atoms with E-state index in [2.05, 4.69) is 11.6 Å². The molecule has 21 heavy (non-hydrogen) atoms. The number of aromatic nitrogens is 1. The Morgan fingerprint density at radius 3 is 2.62 bits per heavy atom. The second-order valence-corrected chi connectivity index (χ2v) is 5.35. The fourth-order valence-electron chi connectivity index (χ4n) is 2.82. The number of fused-ring (bicyclic) bond motifs is 2. The number of H-pyrrole nitrogens is 1. The number of carbonyl (C=O) groups excluding carboxylic acids is 1. The molecule has 1 aliphatic rings. The molecule has 1 amide bonds. The maximum atomic E-state index is 12.6. The molecule has 0 saturated carbocycles. The highest BCUT2D eigenvalue weighted by Crippen LogP contribution is 2.45. The van der Waals surface area contributed by atoms with Crippen LogP contribution < -0.4 is 4.90 Å². The molecule has 3 nitrogen and oxygen atoms in total. The van der Waals surface area contributed by atoms with Crippen LogP contribution in [0.2, 0.25) is 5.15 Å². The summed E-state index contributed by atoms with van der Waals surface area (Å²) < 4.78 is 0. The van der Waals surface area contributed by atoms with Gasteiger partial charge in [-0.25, -0.2) is 0 Å². The number of anilines is 2. The van der Waals surface area contributed by atoms with Gasteiger partial charge in [0.05, 0.1) is 11.4 Å². The Balaban J connectivity index is 2.04. The molecule has 0 spiro atoms. The van der Waals surface area contributed by atoms with Crippen molar-refractivity contribution in [3.8, 4) is 0 Å². The Labute approximate surface area is 126 Å². The molecule has 4 heteroatoms. The Hall–Kier alpha value is -2.52. The molecule has 2 aromatic carbocycles. The second kappa shape index (κ2) is 4.24. The number of aromatic amines is 1. The van der Waals surface area contributed by atoms with E-state index in [1.165, 1.54) is 0 Å². The summed E-state index contributed by atoms with van der Waals surface area (Å²) in [7, 11) is 0. The molecule has 102 valence electrons. The van der Waals surface area contributed by atoms with Crippen LogP contribution in [0.3, 0.4) is 0 Å². The van der Waals surface area contributed by atoms with Crippen molar-refractivity contribution in [3.05, 3.63) is 65.8 Å². The molecule has 0 bridgehead atoms. The van der Waals surface area contributed by atoms with Crippen molar-refractivity contribution >= 4 is 45.4 Å². The number of carbonyl (C=O) groups is 1. The van der Waals surface area contributed by atoms with Gasteiger partial charge in [-0.1, -0.05) is 54.6 Å². The van der Waals surface area contributed by atoms with E-state index in [0.29, 0.717) is 16.4 Å². The largest absolute Gasteiger partial charge is 0.344 e. The van der Waals surface area contributed by atoms with Crippen LogP contribution in [0.5, 0.6) is 0 Å². The maximum absolute atomic E-state index is 12.6. The first-order valence-electron chi connectivity index (χ1n) is 6.57. The summed E-state index contributed by atoms with van der Waals surface area (Å²) in [6.45, 7) is 3.90. The van der Waals surface area contributed by atoms with Crippen LogP contribution in [-0.2, 0) is 4.79 Å². The zero-order chi connectivity index (χ0) is 14.6. The van der Waals surface area contributed by atoms with Crippen molar-refractivity contribution in [1.29, 1.82) is 0 Å². The van der Waals surface area contributed by atoms with Crippen molar-refractivity contribution in [2.45, 2.75) is 0 Å². The molecule has 0 unspecified atom stereocenters. The summed E-state index contributed by atoms with van der Waals surface area (Å²) >= 11 is 6.35. The maximum Gasteiger partial charge on any atom is 0.263 e. The van der Waals surface area contributed by atoms with Gasteiger partial charge in [0.1, 0.15) is 5.15 Å². The average Bonchev–Trinajstić information content (AvgIpc) is 2.95. The van der Waals surface area contributed by atoms with Gasteiger partial charge in [-0.15, -0.1) is 0 Å². The van der Waals surface area contributed by atoms with Gasteiger partial charge in [0.2, 0.25) is 0 Å². The highest BCUT2D eigenvalue weighted by molar-refractivity contribution is 6.40. The topological polar surface area (TPSA) is 36.1 Å². The Morgan fingerprint density at radius 1 is 1.05 bits per heavy atom. The highest BCUT2D eigenvalue weighted by Gasteiger charge is 2.34. The summed E-state index contributed by atoms with van der Waals surface area (Å²) in [6, 6.07) is 15.4. The van der Waals surface area contributed by atoms with Gasteiger partial charge in [0.25, 0.3) is 5.91 Å². The van der Waals surface area contributed by atoms with Crippen molar-refractivity contribution in [1.82, 2.24) is 4.98 Å². The van der Waals surface area contributed by atoms with Crippen molar-refractivity contribution in [2.24, 2.45) is 0 Å². The summed E-state index contributed by atoms with van der Waals surface area (Å²) in [5.74, 6) is -0.136. The number of amides is 1. The SMILES string of the molecule is C=C1C(=O)N(c2c(Cl)[nH]c3ccccc23)c2ccccc21. The minimum atomic E-state index is -0.136. The molecule has 4 rings (SSSR count). The molecule has 0 aliphatic carbocycles. The van der Waals surface area contributed by atoms with E-state index in [4.69, 9.17) is 11.6 Å². The van der Waals surface area contributed by atoms with E-state index in [-0.39, 0.29) is 5.91 Å². The predicted molar refractivity (Wildman–Crippen MR) is 85.9 cm³/mol. The number of halogens is 1. The summed E-state index contributed by atoms with van der Waals surface area (Å²) in [4.78, 5) is 17.4. The van der Waals surface area contributed by atoms with Crippen LogP contribution in [0, 0.1) is 0 Å². The third-order valence-electron chi connectivity index (χ3n) is 3.79. The molecule has 3 aromatic rings. The summed E-state index contributed by atoms with van der Waals surface area (Å²) in [6.07, 6.45) is 0. The lowest BCUT2D eigenvalue weighted by Gasteiger charge is -2.16. The van der Waals surface area contributed by atoms with E-state index in [0.717, 1.165) is 22.2 Å². The third-order valence-corrected chi connectivity index (χ3v) is 4.06. The van der Waals surface area contributed by atoms with Crippen LogP contribution in [0.1, 0.15) is 5.56 Å². The Morgan fingerprint density at radius 2 is 1.76 bits per heavy atom. The van der Waals surface area contributed by atoms with Gasteiger partial charge < -0.3 is 4.98 Å². The number of hydrogen-bond acceptors (Lipinski definition) is 1. The van der Waals surface area contributed by atoms with Gasteiger partial charge in [-0.3, -0.25) is 9.69 Å². The van der Waals surface area contributed by atoms with Gasteiger partial charge in [0, 0.05) is 22.0 Å². The zero-order valence-electron chi connectivity index (χ0n) is 11.1. The van der Waals surface area contributed by atoms with Crippen molar-refractivity contribution in [3.63, 3.8) is 0 Å². The summed E-state index contributed by atoms with van der Waals surface area (Å²) in [5.41, 5.74) is 3.75. The van der Waals surface area contributed by atoms with E-state index < -0.39 is 0 Å². The Kier molecular flexibility index (Phi) is 2.47. The lowest BCUT2D eigenvalue weighted by atomic mass is 10.1. The molecular weight excluding hydrogens is 284 g/mol.